The summed E-state index contributed by atoms with van der Waals surface area (Å²) in [4.78, 5) is 12.3. The van der Waals surface area contributed by atoms with Crippen molar-refractivity contribution in [3.05, 3.63) is 40.4 Å². The first-order valence-corrected chi connectivity index (χ1v) is 8.59. The van der Waals surface area contributed by atoms with Crippen molar-refractivity contribution in [3.63, 3.8) is 0 Å². The van der Waals surface area contributed by atoms with Crippen LogP contribution in [0.1, 0.15) is 0 Å². The van der Waals surface area contributed by atoms with Crippen LogP contribution in [0.25, 0.3) is 31.4 Å². The van der Waals surface area contributed by atoms with Crippen LogP contribution >= 0.6 is 34.0 Å². The number of nitrogens with zero attached hydrogens (tertiary/aromatic N) is 2. The molecule has 0 saturated heterocycles. The van der Waals surface area contributed by atoms with Crippen molar-refractivity contribution in [2.75, 3.05) is 5.73 Å². The molecule has 0 saturated carbocycles. The highest BCUT2D eigenvalue weighted by atomic mass is 32.1. The minimum absolute atomic E-state index is 0.558. The van der Waals surface area contributed by atoms with E-state index in [2.05, 4.69) is 26.8 Å². The molecule has 4 rings (SSSR count). The quantitative estimate of drug-likeness (QED) is 0.582. The molecule has 3 nitrogen and oxygen atoms in total. The third kappa shape index (κ3) is 1.84. The van der Waals surface area contributed by atoms with Crippen LogP contribution in [-0.4, -0.2) is 9.97 Å². The molecule has 20 heavy (non-hydrogen) atoms. The Morgan fingerprint density at radius 2 is 1.65 bits per heavy atom. The Kier molecular flexibility index (Phi) is 2.80. The van der Waals surface area contributed by atoms with Gasteiger partial charge in [-0.05, 0) is 22.9 Å². The third-order valence-electron chi connectivity index (χ3n) is 2.99. The lowest BCUT2D eigenvalue weighted by atomic mass is 10.2. The van der Waals surface area contributed by atoms with Gasteiger partial charge in [0.05, 0.1) is 10.3 Å². The molecule has 0 aliphatic heterocycles. The highest BCUT2D eigenvalue weighted by molar-refractivity contribution is 7.18. The van der Waals surface area contributed by atoms with Crippen LogP contribution in [0.15, 0.2) is 40.4 Å². The number of anilines is 1. The first-order valence-electron chi connectivity index (χ1n) is 5.95. The van der Waals surface area contributed by atoms with Gasteiger partial charge >= 0.3 is 0 Å². The maximum absolute atomic E-state index is 6.18. The van der Waals surface area contributed by atoms with Crippen molar-refractivity contribution < 1.29 is 0 Å². The molecule has 0 aliphatic rings. The molecule has 0 amide bonds. The first kappa shape index (κ1) is 12.0. The van der Waals surface area contributed by atoms with Gasteiger partial charge in [-0.25, -0.2) is 9.97 Å². The predicted molar refractivity (Wildman–Crippen MR) is 88.5 cm³/mol. The van der Waals surface area contributed by atoms with Gasteiger partial charge in [0, 0.05) is 15.8 Å². The Hall–Kier alpha value is -1.76. The number of aromatic nitrogens is 2. The normalized spacial score (nSPS) is 11.2. The highest BCUT2D eigenvalue weighted by Crippen LogP contribution is 2.39. The van der Waals surface area contributed by atoms with E-state index in [0.717, 1.165) is 20.7 Å². The molecular weight excluding hydrogens is 306 g/mol. The molecule has 2 N–H and O–H groups in total. The van der Waals surface area contributed by atoms with Crippen molar-refractivity contribution >= 4 is 50.0 Å². The van der Waals surface area contributed by atoms with Crippen LogP contribution < -0.4 is 5.73 Å². The van der Waals surface area contributed by atoms with Crippen LogP contribution in [-0.2, 0) is 0 Å². The third-order valence-corrected chi connectivity index (χ3v) is 5.63. The van der Waals surface area contributed by atoms with Crippen molar-refractivity contribution in [2.45, 2.75) is 0 Å². The molecule has 4 aromatic heterocycles. The second-order valence-electron chi connectivity index (χ2n) is 4.22. The summed E-state index contributed by atoms with van der Waals surface area (Å²) in [6.07, 6.45) is 0. The van der Waals surface area contributed by atoms with Crippen molar-refractivity contribution in [1.82, 2.24) is 9.97 Å². The largest absolute Gasteiger partial charge is 0.383 e. The van der Waals surface area contributed by atoms with Gasteiger partial charge in [0.25, 0.3) is 0 Å². The van der Waals surface area contributed by atoms with Gasteiger partial charge in [0.1, 0.15) is 10.6 Å². The summed E-state index contributed by atoms with van der Waals surface area (Å²) < 4.78 is 0. The zero-order chi connectivity index (χ0) is 13.5. The number of rotatable bonds is 2. The van der Waals surface area contributed by atoms with Crippen molar-refractivity contribution in [1.29, 1.82) is 0 Å². The summed E-state index contributed by atoms with van der Waals surface area (Å²) >= 11 is 4.95. The lowest BCUT2D eigenvalue weighted by Crippen LogP contribution is -1.95. The average molecular weight is 315 g/mol. The summed E-state index contributed by atoms with van der Waals surface area (Å²) in [6.45, 7) is 0. The Bertz CT molecular complexity index is 861. The first-order chi connectivity index (χ1) is 9.83. The zero-order valence-corrected chi connectivity index (χ0v) is 12.7. The Labute approximate surface area is 127 Å². The smallest absolute Gasteiger partial charge is 0.173 e. The van der Waals surface area contributed by atoms with Gasteiger partial charge < -0.3 is 5.73 Å². The van der Waals surface area contributed by atoms with Crippen molar-refractivity contribution in [3.8, 4) is 21.1 Å². The summed E-state index contributed by atoms with van der Waals surface area (Å²) in [6, 6.07) is 8.15. The van der Waals surface area contributed by atoms with Crippen LogP contribution in [0.2, 0.25) is 0 Å². The van der Waals surface area contributed by atoms with Crippen molar-refractivity contribution in [2.24, 2.45) is 0 Å². The molecule has 0 fully saturated rings. The van der Waals surface area contributed by atoms with E-state index in [0.29, 0.717) is 11.6 Å². The minimum Gasteiger partial charge on any atom is -0.383 e. The molecule has 4 heterocycles. The van der Waals surface area contributed by atoms with E-state index >= 15 is 0 Å². The number of hydrogen-bond acceptors (Lipinski definition) is 6. The second kappa shape index (κ2) is 4.66. The number of thiophene rings is 3. The maximum Gasteiger partial charge on any atom is 0.173 e. The summed E-state index contributed by atoms with van der Waals surface area (Å²) in [5, 5.41) is 7.16. The van der Waals surface area contributed by atoms with Gasteiger partial charge in [0.2, 0.25) is 0 Å². The van der Waals surface area contributed by atoms with Gasteiger partial charge in [-0.15, -0.1) is 34.0 Å². The molecule has 6 heteroatoms. The van der Waals surface area contributed by atoms with Gasteiger partial charge in [-0.1, -0.05) is 12.1 Å². The molecular formula is C14H9N3S3. The van der Waals surface area contributed by atoms with Crippen LogP contribution in [0.5, 0.6) is 0 Å². The molecule has 0 bridgehead atoms. The Morgan fingerprint density at radius 1 is 0.900 bits per heavy atom. The molecule has 0 aliphatic carbocycles. The second-order valence-corrected chi connectivity index (χ2v) is 6.97. The van der Waals surface area contributed by atoms with E-state index in [1.165, 1.54) is 4.88 Å². The van der Waals surface area contributed by atoms with Gasteiger partial charge in [0.15, 0.2) is 5.82 Å². The topological polar surface area (TPSA) is 51.8 Å². The van der Waals surface area contributed by atoms with E-state index in [1.54, 1.807) is 34.0 Å². The molecule has 0 spiro atoms. The fraction of sp³-hybridized carbons (Fsp3) is 0. The molecule has 0 unspecified atom stereocenters. The molecule has 0 aromatic carbocycles. The van der Waals surface area contributed by atoms with E-state index in [4.69, 9.17) is 5.73 Å². The monoisotopic (exact) mass is 315 g/mol. The fourth-order valence-corrected chi connectivity index (χ4v) is 4.52. The number of hydrogen-bond donors (Lipinski definition) is 1. The van der Waals surface area contributed by atoms with E-state index in [9.17, 15) is 0 Å². The van der Waals surface area contributed by atoms with E-state index in [-0.39, 0.29) is 0 Å². The standard InChI is InChI=1S/C14H9N3S3/c15-12-11-8(9-3-1-5-18-9)7-20-14(11)17-13(16-12)10-4-2-6-19-10/h1-7H,(H2,15,16,17). The molecule has 0 radical (unpaired) electrons. The zero-order valence-electron chi connectivity index (χ0n) is 10.2. The highest BCUT2D eigenvalue weighted by Gasteiger charge is 2.15. The summed E-state index contributed by atoms with van der Waals surface area (Å²) in [5.74, 6) is 1.27. The predicted octanol–water partition coefficient (Wildman–Crippen LogP) is 4.73. The lowest BCUT2D eigenvalue weighted by molar-refractivity contribution is 1.26. The molecule has 98 valence electrons. The minimum atomic E-state index is 0.558. The number of fused-ring (bicyclic) bond motifs is 1. The molecule has 0 atom stereocenters. The van der Waals surface area contributed by atoms with Gasteiger partial charge in [-0.3, -0.25) is 0 Å². The fourth-order valence-electron chi connectivity index (χ4n) is 2.10. The van der Waals surface area contributed by atoms with E-state index in [1.807, 2.05) is 23.6 Å². The number of nitrogen functional groups attached to an aromatic ring is 1. The maximum atomic E-state index is 6.18. The van der Waals surface area contributed by atoms with Crippen LogP contribution in [0.4, 0.5) is 5.82 Å². The molecule has 4 aromatic rings. The van der Waals surface area contributed by atoms with Gasteiger partial charge in [-0.2, -0.15) is 0 Å². The number of nitrogens with two attached hydrogens (primary N) is 1. The average Bonchev–Trinajstić information content (AvgIpc) is 3.19. The van der Waals surface area contributed by atoms with E-state index < -0.39 is 0 Å². The SMILES string of the molecule is Nc1nc(-c2cccs2)nc2scc(-c3cccs3)c12. The summed E-state index contributed by atoms with van der Waals surface area (Å²) in [5.41, 5.74) is 7.31. The lowest BCUT2D eigenvalue weighted by Gasteiger charge is -2.02. The Balaban J connectivity index is 1.96. The Morgan fingerprint density at radius 3 is 2.35 bits per heavy atom. The van der Waals surface area contributed by atoms with Crippen LogP contribution in [0, 0.1) is 0 Å². The summed E-state index contributed by atoms with van der Waals surface area (Å²) in [7, 11) is 0. The van der Waals surface area contributed by atoms with Crippen LogP contribution in [0.3, 0.4) is 0 Å².